The molecular weight excluding hydrogens is 315 g/mol. The second-order valence-electron chi connectivity index (χ2n) is 4.79. The van der Waals surface area contributed by atoms with E-state index < -0.39 is 35.4 Å². The molecule has 6 nitrogen and oxygen atoms in total. The molecule has 0 saturated carbocycles. The Morgan fingerprint density at radius 1 is 1.23 bits per heavy atom. The molecule has 0 aliphatic rings. The molecule has 120 valence electrons. The van der Waals surface area contributed by atoms with Crippen LogP contribution in [0.2, 0.25) is 5.02 Å². The summed E-state index contributed by atoms with van der Waals surface area (Å²) < 4.78 is 18.3. The summed E-state index contributed by atoms with van der Waals surface area (Å²) in [5, 5.41) is 4.60. The van der Waals surface area contributed by atoms with Crippen molar-refractivity contribution < 1.29 is 23.5 Å². The van der Waals surface area contributed by atoms with Crippen molar-refractivity contribution in [2.75, 3.05) is 0 Å². The molecule has 1 aromatic rings. The van der Waals surface area contributed by atoms with E-state index in [-0.39, 0.29) is 11.1 Å². The Morgan fingerprint density at radius 3 is 2.45 bits per heavy atom. The Morgan fingerprint density at radius 2 is 1.86 bits per heavy atom. The first-order valence-electron chi connectivity index (χ1n) is 6.48. The number of urea groups is 1. The van der Waals surface area contributed by atoms with Gasteiger partial charge in [0.25, 0.3) is 5.91 Å². The van der Waals surface area contributed by atoms with E-state index in [9.17, 15) is 18.8 Å². The average molecular weight is 331 g/mol. The van der Waals surface area contributed by atoms with Gasteiger partial charge < -0.3 is 10.1 Å². The van der Waals surface area contributed by atoms with E-state index in [1.807, 2.05) is 5.32 Å². The lowest BCUT2D eigenvalue weighted by atomic mass is 10.2. The summed E-state index contributed by atoms with van der Waals surface area (Å²) in [6, 6.07) is 2.51. The molecular formula is C14H16ClFN2O4. The molecule has 3 amide bonds. The van der Waals surface area contributed by atoms with Crippen LogP contribution in [0, 0.1) is 5.82 Å². The summed E-state index contributed by atoms with van der Waals surface area (Å²) in [6.07, 6.45) is -1.27. The fraction of sp³-hybridized carbons (Fsp3) is 0.357. The molecule has 0 aliphatic carbocycles. The Kier molecular flexibility index (Phi) is 6.30. The molecule has 0 radical (unpaired) electrons. The lowest BCUT2D eigenvalue weighted by Gasteiger charge is -2.14. The Bertz CT molecular complexity index is 592. The number of esters is 1. The van der Waals surface area contributed by atoms with Crippen LogP contribution in [-0.2, 0) is 9.53 Å². The van der Waals surface area contributed by atoms with Crippen LogP contribution in [0.25, 0.3) is 0 Å². The first-order valence-corrected chi connectivity index (χ1v) is 6.86. The van der Waals surface area contributed by atoms with E-state index >= 15 is 0 Å². The molecule has 0 heterocycles. The second kappa shape index (κ2) is 7.74. The summed E-state index contributed by atoms with van der Waals surface area (Å²) >= 11 is 5.67. The van der Waals surface area contributed by atoms with Crippen molar-refractivity contribution in [2.24, 2.45) is 0 Å². The molecule has 0 saturated heterocycles. The Hall–Kier alpha value is -2.15. The zero-order valence-electron chi connectivity index (χ0n) is 12.3. The van der Waals surface area contributed by atoms with Gasteiger partial charge in [0.15, 0.2) is 6.10 Å². The van der Waals surface area contributed by atoms with Gasteiger partial charge in [0, 0.05) is 11.1 Å². The summed E-state index contributed by atoms with van der Waals surface area (Å²) in [6.45, 7) is 4.70. The maximum Gasteiger partial charge on any atom is 0.341 e. The van der Waals surface area contributed by atoms with E-state index in [0.29, 0.717) is 0 Å². The highest BCUT2D eigenvalue weighted by Gasteiger charge is 2.22. The van der Waals surface area contributed by atoms with Crippen LogP contribution in [0.1, 0.15) is 31.1 Å². The lowest BCUT2D eigenvalue weighted by Crippen LogP contribution is -2.46. The summed E-state index contributed by atoms with van der Waals surface area (Å²) in [5.74, 6) is -2.69. The van der Waals surface area contributed by atoms with Gasteiger partial charge >= 0.3 is 12.0 Å². The van der Waals surface area contributed by atoms with Crippen LogP contribution in [-0.4, -0.2) is 30.1 Å². The third-order valence-corrected chi connectivity index (χ3v) is 2.69. The van der Waals surface area contributed by atoms with Crippen LogP contribution in [0.5, 0.6) is 0 Å². The zero-order valence-corrected chi connectivity index (χ0v) is 13.0. The first kappa shape index (κ1) is 17.9. The number of hydrogen-bond donors (Lipinski definition) is 2. The minimum atomic E-state index is -1.27. The maximum atomic E-state index is 13.5. The van der Waals surface area contributed by atoms with Gasteiger partial charge in [-0.05, 0) is 39.0 Å². The van der Waals surface area contributed by atoms with Crippen molar-refractivity contribution in [2.45, 2.75) is 32.9 Å². The van der Waals surface area contributed by atoms with Crippen LogP contribution in [0.15, 0.2) is 18.2 Å². The average Bonchev–Trinajstić information content (AvgIpc) is 2.40. The van der Waals surface area contributed by atoms with Gasteiger partial charge in [0.05, 0.1) is 5.56 Å². The highest BCUT2D eigenvalue weighted by Crippen LogP contribution is 2.16. The number of halogens is 2. The fourth-order valence-corrected chi connectivity index (χ4v) is 1.62. The van der Waals surface area contributed by atoms with Crippen molar-refractivity contribution >= 4 is 29.5 Å². The van der Waals surface area contributed by atoms with Gasteiger partial charge in [0.1, 0.15) is 5.82 Å². The third-order valence-electron chi connectivity index (χ3n) is 2.46. The first-order chi connectivity index (χ1) is 10.2. The Balaban J connectivity index is 2.65. The fourth-order valence-electron chi connectivity index (χ4n) is 1.44. The standard InChI is InChI=1S/C14H16ClFN2O4/c1-7(2)17-14(21)18-12(19)8(3)22-13(20)10-6-9(15)4-5-11(10)16/h4-8H,1-3H3,(H2,17,18,19,21)/t8-/m0/s1. The zero-order chi connectivity index (χ0) is 16.9. The molecule has 8 heteroatoms. The number of rotatable bonds is 4. The third kappa shape index (κ3) is 5.33. The van der Waals surface area contributed by atoms with Crippen molar-refractivity contribution in [3.63, 3.8) is 0 Å². The SMILES string of the molecule is CC(C)NC(=O)NC(=O)[C@H](C)OC(=O)c1cc(Cl)ccc1F. The van der Waals surface area contributed by atoms with Crippen molar-refractivity contribution in [3.8, 4) is 0 Å². The topological polar surface area (TPSA) is 84.5 Å². The minimum absolute atomic E-state index is 0.154. The van der Waals surface area contributed by atoms with E-state index in [4.69, 9.17) is 16.3 Å². The van der Waals surface area contributed by atoms with Gasteiger partial charge in [0.2, 0.25) is 0 Å². The lowest BCUT2D eigenvalue weighted by molar-refractivity contribution is -0.127. The molecule has 1 aromatic carbocycles. The minimum Gasteiger partial charge on any atom is -0.449 e. The van der Waals surface area contributed by atoms with Crippen LogP contribution >= 0.6 is 11.6 Å². The molecule has 1 rings (SSSR count). The van der Waals surface area contributed by atoms with Crippen LogP contribution in [0.3, 0.4) is 0 Å². The summed E-state index contributed by atoms with van der Waals surface area (Å²) in [5.41, 5.74) is -0.390. The highest BCUT2D eigenvalue weighted by molar-refractivity contribution is 6.30. The van der Waals surface area contributed by atoms with Crippen molar-refractivity contribution in [1.82, 2.24) is 10.6 Å². The summed E-state index contributed by atoms with van der Waals surface area (Å²) in [4.78, 5) is 34.8. The molecule has 0 aromatic heterocycles. The Labute approximate surface area is 132 Å². The maximum absolute atomic E-state index is 13.5. The monoisotopic (exact) mass is 330 g/mol. The van der Waals surface area contributed by atoms with Gasteiger partial charge in [-0.2, -0.15) is 0 Å². The van der Waals surface area contributed by atoms with Gasteiger partial charge in [-0.1, -0.05) is 11.6 Å². The van der Waals surface area contributed by atoms with Gasteiger partial charge in [-0.15, -0.1) is 0 Å². The van der Waals surface area contributed by atoms with E-state index in [2.05, 4.69) is 5.32 Å². The molecule has 1 atom stereocenters. The quantitative estimate of drug-likeness (QED) is 0.829. The second-order valence-corrected chi connectivity index (χ2v) is 5.23. The van der Waals surface area contributed by atoms with Gasteiger partial charge in [-0.3, -0.25) is 10.1 Å². The molecule has 22 heavy (non-hydrogen) atoms. The largest absolute Gasteiger partial charge is 0.449 e. The predicted molar refractivity (Wildman–Crippen MR) is 78.1 cm³/mol. The van der Waals surface area contributed by atoms with E-state index in [1.165, 1.54) is 13.0 Å². The van der Waals surface area contributed by atoms with E-state index in [0.717, 1.165) is 12.1 Å². The number of amides is 3. The summed E-state index contributed by atoms with van der Waals surface area (Å²) in [7, 11) is 0. The van der Waals surface area contributed by atoms with Crippen molar-refractivity contribution in [3.05, 3.63) is 34.6 Å². The number of carbonyl (C=O) groups is 3. The van der Waals surface area contributed by atoms with E-state index in [1.54, 1.807) is 13.8 Å². The number of benzene rings is 1. The van der Waals surface area contributed by atoms with Crippen molar-refractivity contribution in [1.29, 1.82) is 0 Å². The van der Waals surface area contributed by atoms with Crippen LogP contribution < -0.4 is 10.6 Å². The molecule has 2 N–H and O–H groups in total. The molecule has 0 aliphatic heterocycles. The smallest absolute Gasteiger partial charge is 0.341 e. The number of ether oxygens (including phenoxy) is 1. The highest BCUT2D eigenvalue weighted by atomic mass is 35.5. The molecule has 0 bridgehead atoms. The number of nitrogens with one attached hydrogen (secondary N) is 2. The normalized spacial score (nSPS) is 11.7. The molecule has 0 unspecified atom stereocenters. The van der Waals surface area contributed by atoms with Crippen LogP contribution in [0.4, 0.5) is 9.18 Å². The number of hydrogen-bond acceptors (Lipinski definition) is 4. The number of imide groups is 1. The predicted octanol–water partition coefficient (Wildman–Crippen LogP) is 2.26. The molecule has 0 fully saturated rings. The number of carbonyl (C=O) groups excluding carboxylic acids is 3. The van der Waals surface area contributed by atoms with Gasteiger partial charge in [-0.25, -0.2) is 14.0 Å². The molecule has 0 spiro atoms.